The van der Waals surface area contributed by atoms with Crippen molar-refractivity contribution in [1.82, 2.24) is 25.2 Å². The van der Waals surface area contributed by atoms with Crippen LogP contribution in [0.25, 0.3) is 5.69 Å². The van der Waals surface area contributed by atoms with Crippen LogP contribution in [0.15, 0.2) is 48.8 Å². The van der Waals surface area contributed by atoms with Crippen LogP contribution in [-0.2, 0) is 6.54 Å². The van der Waals surface area contributed by atoms with Crippen LogP contribution >= 0.6 is 0 Å². The zero-order valence-corrected chi connectivity index (χ0v) is 11.5. The van der Waals surface area contributed by atoms with Gasteiger partial charge in [0.2, 0.25) is 5.88 Å². The summed E-state index contributed by atoms with van der Waals surface area (Å²) in [6.45, 7) is 0.607. The Morgan fingerprint density at radius 1 is 1.19 bits per heavy atom. The first kappa shape index (κ1) is 13.0. The van der Waals surface area contributed by atoms with Crippen LogP contribution in [0.5, 0.6) is 5.88 Å². The monoisotopic (exact) mass is 282 g/mol. The standard InChI is InChI=1S/C14H14N6O/c1-21-14-7-3-5-12(17-14)9-15-11-4-2-6-13(8-11)20-10-16-18-19-20/h2-8,10,15H,9H2,1H3. The molecule has 21 heavy (non-hydrogen) atoms. The number of benzene rings is 1. The summed E-state index contributed by atoms with van der Waals surface area (Å²) in [7, 11) is 1.61. The van der Waals surface area contributed by atoms with Crippen molar-refractivity contribution in [2.45, 2.75) is 6.54 Å². The van der Waals surface area contributed by atoms with Crippen molar-refractivity contribution in [2.75, 3.05) is 12.4 Å². The number of tetrazole rings is 1. The van der Waals surface area contributed by atoms with Gasteiger partial charge in [-0.3, -0.25) is 0 Å². The molecule has 1 aromatic carbocycles. The van der Waals surface area contributed by atoms with Gasteiger partial charge in [-0.25, -0.2) is 9.67 Å². The van der Waals surface area contributed by atoms with E-state index in [9.17, 15) is 0 Å². The molecule has 1 N–H and O–H groups in total. The minimum absolute atomic E-state index is 0.607. The number of anilines is 1. The Kier molecular flexibility index (Phi) is 3.72. The van der Waals surface area contributed by atoms with Gasteiger partial charge < -0.3 is 10.1 Å². The van der Waals surface area contributed by atoms with Crippen molar-refractivity contribution in [1.29, 1.82) is 0 Å². The highest BCUT2D eigenvalue weighted by Gasteiger charge is 2.01. The molecule has 0 spiro atoms. The topological polar surface area (TPSA) is 77.8 Å². The second-order valence-corrected chi connectivity index (χ2v) is 4.33. The zero-order chi connectivity index (χ0) is 14.5. The van der Waals surface area contributed by atoms with Gasteiger partial charge in [-0.2, -0.15) is 0 Å². The minimum atomic E-state index is 0.607. The van der Waals surface area contributed by atoms with E-state index in [4.69, 9.17) is 4.74 Å². The van der Waals surface area contributed by atoms with Crippen molar-refractivity contribution in [2.24, 2.45) is 0 Å². The van der Waals surface area contributed by atoms with Crippen LogP contribution in [-0.4, -0.2) is 32.3 Å². The van der Waals surface area contributed by atoms with E-state index in [2.05, 4.69) is 25.8 Å². The molecule has 0 saturated heterocycles. The van der Waals surface area contributed by atoms with E-state index in [1.807, 2.05) is 42.5 Å². The van der Waals surface area contributed by atoms with Gasteiger partial charge in [0.1, 0.15) is 6.33 Å². The van der Waals surface area contributed by atoms with Gasteiger partial charge in [0.15, 0.2) is 0 Å². The molecule has 7 heteroatoms. The highest BCUT2D eigenvalue weighted by molar-refractivity contribution is 5.50. The summed E-state index contributed by atoms with van der Waals surface area (Å²) in [5.41, 5.74) is 2.76. The van der Waals surface area contributed by atoms with Crippen LogP contribution in [0.4, 0.5) is 5.69 Å². The van der Waals surface area contributed by atoms with E-state index >= 15 is 0 Å². The molecule has 106 valence electrons. The maximum absolute atomic E-state index is 5.11. The van der Waals surface area contributed by atoms with E-state index in [-0.39, 0.29) is 0 Å². The summed E-state index contributed by atoms with van der Waals surface area (Å²) < 4.78 is 6.72. The Hall–Kier alpha value is -2.96. The summed E-state index contributed by atoms with van der Waals surface area (Å²) in [4.78, 5) is 4.36. The third-order valence-electron chi connectivity index (χ3n) is 2.92. The molecule has 7 nitrogen and oxygen atoms in total. The molecule has 0 unspecified atom stereocenters. The average Bonchev–Trinajstić information content (AvgIpc) is 3.08. The van der Waals surface area contributed by atoms with Gasteiger partial charge in [0, 0.05) is 11.8 Å². The lowest BCUT2D eigenvalue weighted by molar-refractivity contribution is 0.396. The molecular weight excluding hydrogens is 268 g/mol. The first-order chi connectivity index (χ1) is 10.3. The van der Waals surface area contributed by atoms with Crippen molar-refractivity contribution >= 4 is 5.69 Å². The van der Waals surface area contributed by atoms with E-state index in [0.717, 1.165) is 17.1 Å². The molecule has 3 rings (SSSR count). The predicted octanol–water partition coefficient (Wildman–Crippen LogP) is 1.68. The number of aromatic nitrogens is 5. The van der Waals surface area contributed by atoms with Crippen LogP contribution < -0.4 is 10.1 Å². The molecule has 2 heterocycles. The number of pyridine rings is 1. The van der Waals surface area contributed by atoms with Gasteiger partial charge in [-0.15, -0.1) is 5.10 Å². The minimum Gasteiger partial charge on any atom is -0.481 e. The zero-order valence-electron chi connectivity index (χ0n) is 11.5. The molecule has 0 amide bonds. The smallest absolute Gasteiger partial charge is 0.213 e. The first-order valence-corrected chi connectivity index (χ1v) is 6.42. The highest BCUT2D eigenvalue weighted by Crippen LogP contribution is 2.15. The Balaban J connectivity index is 1.72. The number of nitrogens with zero attached hydrogens (tertiary/aromatic N) is 5. The second-order valence-electron chi connectivity index (χ2n) is 4.33. The van der Waals surface area contributed by atoms with Gasteiger partial charge in [0.25, 0.3) is 0 Å². The third kappa shape index (κ3) is 3.14. The predicted molar refractivity (Wildman–Crippen MR) is 77.3 cm³/mol. The average molecular weight is 282 g/mol. The fourth-order valence-corrected chi connectivity index (χ4v) is 1.90. The first-order valence-electron chi connectivity index (χ1n) is 6.42. The summed E-state index contributed by atoms with van der Waals surface area (Å²) in [6.07, 6.45) is 1.56. The lowest BCUT2D eigenvalue weighted by Crippen LogP contribution is -2.03. The van der Waals surface area contributed by atoms with E-state index < -0.39 is 0 Å². The largest absolute Gasteiger partial charge is 0.481 e. The van der Waals surface area contributed by atoms with Gasteiger partial charge in [0.05, 0.1) is 25.0 Å². The molecule has 0 saturated carbocycles. The van der Waals surface area contributed by atoms with Gasteiger partial charge in [-0.05, 0) is 34.7 Å². The molecule has 3 aromatic rings. The fraction of sp³-hybridized carbons (Fsp3) is 0.143. The quantitative estimate of drug-likeness (QED) is 0.767. The molecule has 0 atom stereocenters. The molecule has 0 aliphatic rings. The summed E-state index contributed by atoms with van der Waals surface area (Å²) in [5.74, 6) is 0.608. The summed E-state index contributed by atoms with van der Waals surface area (Å²) >= 11 is 0. The van der Waals surface area contributed by atoms with Gasteiger partial charge in [-0.1, -0.05) is 12.1 Å². The Morgan fingerprint density at radius 2 is 2.10 bits per heavy atom. The van der Waals surface area contributed by atoms with E-state index in [1.54, 1.807) is 18.1 Å². The lowest BCUT2D eigenvalue weighted by atomic mass is 10.2. The Bertz CT molecular complexity index is 713. The van der Waals surface area contributed by atoms with E-state index in [1.165, 1.54) is 0 Å². The third-order valence-corrected chi connectivity index (χ3v) is 2.92. The molecule has 0 bridgehead atoms. The number of methoxy groups -OCH3 is 1. The summed E-state index contributed by atoms with van der Waals surface area (Å²) in [6, 6.07) is 13.5. The fourth-order valence-electron chi connectivity index (χ4n) is 1.90. The Morgan fingerprint density at radius 3 is 2.90 bits per heavy atom. The molecule has 0 aliphatic carbocycles. The molecule has 2 aromatic heterocycles. The summed E-state index contributed by atoms with van der Waals surface area (Å²) in [5, 5.41) is 14.4. The highest BCUT2D eigenvalue weighted by atomic mass is 16.5. The number of ether oxygens (including phenoxy) is 1. The lowest BCUT2D eigenvalue weighted by Gasteiger charge is -2.08. The van der Waals surface area contributed by atoms with Crippen molar-refractivity contribution in [3.05, 3.63) is 54.5 Å². The number of rotatable bonds is 5. The van der Waals surface area contributed by atoms with Crippen LogP contribution in [0, 0.1) is 0 Å². The Labute approximate surface area is 121 Å². The van der Waals surface area contributed by atoms with Crippen molar-refractivity contribution in [3.8, 4) is 11.6 Å². The number of nitrogens with one attached hydrogen (secondary N) is 1. The van der Waals surface area contributed by atoms with Crippen LogP contribution in [0.2, 0.25) is 0 Å². The SMILES string of the molecule is COc1cccc(CNc2cccc(-n3cnnn3)c2)n1. The van der Waals surface area contributed by atoms with Crippen LogP contribution in [0.3, 0.4) is 0 Å². The normalized spacial score (nSPS) is 10.3. The van der Waals surface area contributed by atoms with E-state index in [0.29, 0.717) is 12.4 Å². The number of hydrogen-bond acceptors (Lipinski definition) is 6. The maximum atomic E-state index is 5.11. The van der Waals surface area contributed by atoms with Gasteiger partial charge >= 0.3 is 0 Å². The molecule has 0 aliphatic heterocycles. The maximum Gasteiger partial charge on any atom is 0.213 e. The molecular formula is C14H14N6O. The second kappa shape index (κ2) is 6.00. The molecule has 0 radical (unpaired) electrons. The van der Waals surface area contributed by atoms with Crippen LogP contribution in [0.1, 0.15) is 5.69 Å². The van der Waals surface area contributed by atoms with Crippen molar-refractivity contribution in [3.63, 3.8) is 0 Å². The van der Waals surface area contributed by atoms with Crippen molar-refractivity contribution < 1.29 is 4.74 Å². The molecule has 0 fully saturated rings. The number of hydrogen-bond donors (Lipinski definition) is 1.